The summed E-state index contributed by atoms with van der Waals surface area (Å²) in [6.07, 6.45) is 11.4. The van der Waals surface area contributed by atoms with Crippen molar-refractivity contribution in [2.24, 2.45) is 0 Å². The molecule has 4 fully saturated rings. The monoisotopic (exact) mass is 606 g/mol. The average molecular weight is 607 g/mol. The van der Waals surface area contributed by atoms with Gasteiger partial charge in [-0.2, -0.15) is 9.97 Å². The molecule has 6 heterocycles. The number of rotatable bonds is 6. The van der Waals surface area contributed by atoms with E-state index < -0.39 is 5.82 Å². The van der Waals surface area contributed by atoms with Gasteiger partial charge in [-0.25, -0.2) is 4.39 Å². The maximum Gasteiger partial charge on any atom is 0.319 e. The molecular formula is C35H35FN6O3. The van der Waals surface area contributed by atoms with E-state index in [2.05, 4.69) is 37.6 Å². The molecule has 10 heteroatoms. The minimum atomic E-state index is -0.618. The summed E-state index contributed by atoms with van der Waals surface area (Å²) in [6, 6.07) is 9.37. The van der Waals surface area contributed by atoms with Crippen molar-refractivity contribution in [1.29, 1.82) is 0 Å². The van der Waals surface area contributed by atoms with Crippen LogP contribution in [0, 0.1) is 18.2 Å². The van der Waals surface area contributed by atoms with Crippen molar-refractivity contribution in [2.75, 3.05) is 44.8 Å². The van der Waals surface area contributed by atoms with Gasteiger partial charge in [0.1, 0.15) is 29.4 Å². The summed E-state index contributed by atoms with van der Waals surface area (Å²) in [5.41, 5.74) is 2.05. The largest absolute Gasteiger partial charge is 0.508 e. The number of halogens is 1. The molecule has 0 unspecified atom stereocenters. The Bertz CT molecular complexity index is 1900. The molecule has 0 amide bonds. The first-order valence-corrected chi connectivity index (χ1v) is 15.5. The lowest BCUT2D eigenvalue weighted by Gasteiger charge is -2.34. The van der Waals surface area contributed by atoms with Gasteiger partial charge >= 0.3 is 6.01 Å². The number of fused-ring (bicyclic) bond motifs is 5. The molecule has 0 saturated carbocycles. The molecule has 2 aromatic carbocycles. The summed E-state index contributed by atoms with van der Waals surface area (Å²) in [5.74, 6) is 2.68. The Morgan fingerprint density at radius 1 is 1.20 bits per heavy atom. The average Bonchev–Trinajstić information content (AvgIpc) is 3.66. The van der Waals surface area contributed by atoms with Crippen molar-refractivity contribution in [2.45, 2.75) is 49.4 Å². The Balaban J connectivity index is 1.25. The molecule has 0 aliphatic carbocycles. The Labute approximate surface area is 261 Å². The summed E-state index contributed by atoms with van der Waals surface area (Å²) in [6.45, 7) is 7.70. The number of nitrogens with zero attached hydrogens (tertiary/aromatic N) is 5. The Morgan fingerprint density at radius 2 is 2.02 bits per heavy atom. The van der Waals surface area contributed by atoms with Crippen molar-refractivity contribution in [3.63, 3.8) is 0 Å². The predicted molar refractivity (Wildman–Crippen MR) is 171 cm³/mol. The van der Waals surface area contributed by atoms with Crippen LogP contribution in [0.2, 0.25) is 0 Å². The van der Waals surface area contributed by atoms with Crippen LogP contribution in [0.5, 0.6) is 11.8 Å². The first-order valence-electron chi connectivity index (χ1n) is 15.5. The second-order valence-electron chi connectivity index (χ2n) is 13.0. The maximum absolute atomic E-state index is 16.8. The van der Waals surface area contributed by atoms with E-state index in [0.717, 1.165) is 57.4 Å². The van der Waals surface area contributed by atoms with Crippen molar-refractivity contribution in [3.05, 3.63) is 60.1 Å². The number of anilines is 1. The normalized spacial score (nSPS) is 26.1. The summed E-state index contributed by atoms with van der Waals surface area (Å²) >= 11 is 0. The van der Waals surface area contributed by atoms with Crippen LogP contribution < -0.4 is 15.0 Å². The summed E-state index contributed by atoms with van der Waals surface area (Å²) < 4.78 is 29.0. The number of terminal acetylenes is 1. The van der Waals surface area contributed by atoms with Gasteiger partial charge in [-0.05, 0) is 49.3 Å². The van der Waals surface area contributed by atoms with Gasteiger partial charge in [-0.15, -0.1) is 6.42 Å². The van der Waals surface area contributed by atoms with Gasteiger partial charge in [0.05, 0.1) is 17.0 Å². The van der Waals surface area contributed by atoms with E-state index in [9.17, 15) is 5.11 Å². The number of nitrogens with one attached hydrogen (secondary N) is 1. The highest BCUT2D eigenvalue weighted by atomic mass is 19.1. The molecule has 8 rings (SSSR count). The lowest BCUT2D eigenvalue weighted by Crippen LogP contribution is -2.51. The molecule has 0 spiro atoms. The van der Waals surface area contributed by atoms with Crippen LogP contribution in [0.15, 0.2) is 48.7 Å². The van der Waals surface area contributed by atoms with E-state index in [-0.39, 0.29) is 34.6 Å². The minimum absolute atomic E-state index is 0.00968. The number of aromatic nitrogens is 3. The topological polar surface area (TPSA) is 95.9 Å². The minimum Gasteiger partial charge on any atom is -0.508 e. The van der Waals surface area contributed by atoms with Crippen LogP contribution in [-0.4, -0.2) is 88.6 Å². The smallest absolute Gasteiger partial charge is 0.319 e. The third-order valence-corrected chi connectivity index (χ3v) is 10.0. The van der Waals surface area contributed by atoms with E-state index in [4.69, 9.17) is 20.9 Å². The Morgan fingerprint density at radius 3 is 2.80 bits per heavy atom. The van der Waals surface area contributed by atoms with Gasteiger partial charge in [0.15, 0.2) is 5.82 Å². The third kappa shape index (κ3) is 4.69. The number of aromatic hydroxyl groups is 1. The second-order valence-corrected chi connectivity index (χ2v) is 13.0. The van der Waals surface area contributed by atoms with Crippen molar-refractivity contribution < 1.29 is 19.0 Å². The number of piperazine rings is 1. The molecule has 0 radical (unpaired) electrons. The van der Waals surface area contributed by atoms with Gasteiger partial charge in [0, 0.05) is 68.1 Å². The van der Waals surface area contributed by atoms with Crippen LogP contribution in [0.25, 0.3) is 32.9 Å². The molecule has 4 saturated heterocycles. The molecule has 2 aromatic heterocycles. The number of phenols is 1. The zero-order valence-corrected chi connectivity index (χ0v) is 25.2. The fourth-order valence-electron chi connectivity index (χ4n) is 8.03. The Hall–Kier alpha value is -4.30. The quantitative estimate of drug-likeness (QED) is 0.245. The number of hydrogen-bond donors (Lipinski definition) is 2. The van der Waals surface area contributed by atoms with Crippen molar-refractivity contribution >= 4 is 27.5 Å². The number of phenolic OH excluding ortho intramolecular Hbond substituents is 1. The zero-order valence-electron chi connectivity index (χ0n) is 25.2. The van der Waals surface area contributed by atoms with Crippen LogP contribution >= 0.6 is 0 Å². The highest BCUT2D eigenvalue weighted by molar-refractivity contribution is 6.02. The van der Waals surface area contributed by atoms with E-state index in [1.165, 1.54) is 6.07 Å². The van der Waals surface area contributed by atoms with Crippen LogP contribution in [0.3, 0.4) is 0 Å². The highest BCUT2D eigenvalue weighted by Gasteiger charge is 2.50. The first kappa shape index (κ1) is 28.2. The number of ether oxygens (including phenoxy) is 2. The molecule has 2 bridgehead atoms. The lowest BCUT2D eigenvalue weighted by atomic mass is 9.93. The van der Waals surface area contributed by atoms with Gasteiger partial charge in [0.2, 0.25) is 0 Å². The van der Waals surface area contributed by atoms with Crippen LogP contribution in [0.4, 0.5) is 10.2 Å². The van der Waals surface area contributed by atoms with Crippen molar-refractivity contribution in [3.8, 4) is 35.4 Å². The molecule has 9 nitrogen and oxygen atoms in total. The molecule has 4 atom stereocenters. The number of methoxy groups -OCH3 is 1. The molecule has 45 heavy (non-hydrogen) atoms. The van der Waals surface area contributed by atoms with Gasteiger partial charge in [-0.3, -0.25) is 9.88 Å². The standard InChI is InChI=1S/C35H35FN6O3/c1-4-21-6-5-7-22-10-25(43)11-27(29(21)22)31-30(36)32-28(14-37-31)33(41-16-23-8-9-24(17-41)38-23)40-34(39-32)45-19-35-12-20(2)15-42(35)18-26(13-35)44-3/h1,5-7,10-11,14,23-24,26,38,43H,2,8-9,12-13,15-19H2,3H3/t23-,24+,26-,35-/m1/s1. The van der Waals surface area contributed by atoms with E-state index in [1.54, 1.807) is 25.4 Å². The second kappa shape index (κ2) is 10.7. The molecule has 4 aromatic rings. The van der Waals surface area contributed by atoms with Gasteiger partial charge < -0.3 is 24.8 Å². The molecule has 230 valence electrons. The molecule has 4 aliphatic rings. The summed E-state index contributed by atoms with van der Waals surface area (Å²) in [4.78, 5) is 18.8. The third-order valence-electron chi connectivity index (χ3n) is 10.0. The number of hydrogen-bond acceptors (Lipinski definition) is 9. The molecular weight excluding hydrogens is 571 g/mol. The van der Waals surface area contributed by atoms with E-state index in [0.29, 0.717) is 51.8 Å². The van der Waals surface area contributed by atoms with Crippen molar-refractivity contribution in [1.82, 2.24) is 25.2 Å². The number of benzene rings is 2. The highest BCUT2D eigenvalue weighted by Crippen LogP contribution is 2.43. The van der Waals surface area contributed by atoms with E-state index >= 15 is 4.39 Å². The molecule has 4 aliphatic heterocycles. The van der Waals surface area contributed by atoms with Gasteiger partial charge in [0.25, 0.3) is 0 Å². The molecule has 2 N–H and O–H groups in total. The predicted octanol–water partition coefficient (Wildman–Crippen LogP) is 4.41. The maximum atomic E-state index is 16.8. The number of pyridine rings is 1. The zero-order chi connectivity index (χ0) is 30.9. The lowest BCUT2D eigenvalue weighted by molar-refractivity contribution is 0.101. The van der Waals surface area contributed by atoms with Crippen LogP contribution in [-0.2, 0) is 4.74 Å². The Kier molecular flexibility index (Phi) is 6.68. The SMILES string of the molecule is C#Cc1cccc2cc(O)cc(-c3ncc4c(N5C[C@H]6CC[C@@H](C5)N6)nc(OC[C@]56CC(=C)CN5C[C@H](OC)C6)nc4c3F)c12. The first-order chi connectivity index (χ1) is 21.8. The fourth-order valence-corrected chi connectivity index (χ4v) is 8.03. The summed E-state index contributed by atoms with van der Waals surface area (Å²) in [5, 5.41) is 16.1. The van der Waals surface area contributed by atoms with E-state index in [1.807, 2.05) is 12.1 Å². The fraction of sp³-hybridized carbons (Fsp3) is 0.400. The van der Waals surface area contributed by atoms with Crippen LogP contribution in [0.1, 0.15) is 31.2 Å². The van der Waals surface area contributed by atoms with Gasteiger partial charge in [-0.1, -0.05) is 30.2 Å². The summed E-state index contributed by atoms with van der Waals surface area (Å²) in [7, 11) is 1.74.